The van der Waals surface area contributed by atoms with Crippen molar-refractivity contribution in [2.45, 2.75) is 6.04 Å². The fourth-order valence-electron chi connectivity index (χ4n) is 0.717. The predicted molar refractivity (Wildman–Crippen MR) is 35.4 cm³/mol. The molecule has 0 spiro atoms. The van der Waals surface area contributed by atoms with Crippen LogP contribution >= 0.6 is 0 Å². The van der Waals surface area contributed by atoms with Crippen LogP contribution in [-0.2, 0) is 0 Å². The molecule has 46 valence electrons. The molecule has 0 bridgehead atoms. The summed E-state index contributed by atoms with van der Waals surface area (Å²) in [6, 6.07) is 2.07. The number of hydrogen-bond acceptors (Lipinski definition) is 2. The first-order valence-corrected chi connectivity index (χ1v) is 2.81. The molecule has 0 aromatic heterocycles. The summed E-state index contributed by atoms with van der Waals surface area (Å²) < 4.78 is 0. The zero-order valence-electron chi connectivity index (χ0n) is 5.28. The van der Waals surface area contributed by atoms with E-state index in [0.717, 1.165) is 0 Å². The summed E-state index contributed by atoms with van der Waals surface area (Å²) in [6.45, 7) is 0. The van der Waals surface area contributed by atoms with Crippen LogP contribution < -0.4 is 0 Å². The number of allylic oxidation sites excluding steroid dienone is 2. The van der Waals surface area contributed by atoms with Gasteiger partial charge in [0.25, 0.3) is 0 Å². The maximum atomic E-state index is 8.48. The normalized spacial score (nSPS) is 24.0. The van der Waals surface area contributed by atoms with Crippen LogP contribution in [0.5, 0.6) is 0 Å². The Morgan fingerprint density at radius 1 is 1.56 bits per heavy atom. The molecule has 0 amide bonds. The van der Waals surface area contributed by atoms with Crippen molar-refractivity contribution in [2.75, 3.05) is 7.05 Å². The number of nitriles is 1. The molecule has 0 fully saturated rings. The maximum absolute atomic E-state index is 8.48. The average molecular weight is 120 g/mol. The van der Waals surface area contributed by atoms with E-state index in [2.05, 4.69) is 6.07 Å². The summed E-state index contributed by atoms with van der Waals surface area (Å²) in [7, 11) is 1.88. The van der Waals surface area contributed by atoms with E-state index in [-0.39, 0.29) is 6.04 Å². The highest BCUT2D eigenvalue weighted by molar-refractivity contribution is 5.18. The number of likely N-dealkylation sites (N-methyl/N-ethyl adjacent to an activating group) is 1. The summed E-state index contributed by atoms with van der Waals surface area (Å²) >= 11 is 0. The van der Waals surface area contributed by atoms with Crippen molar-refractivity contribution in [2.24, 2.45) is 0 Å². The summed E-state index contributed by atoms with van der Waals surface area (Å²) in [6.07, 6.45) is 7.54. The van der Waals surface area contributed by atoms with Gasteiger partial charge in [0, 0.05) is 13.2 Å². The standard InChI is InChI=1S/C7H8N2/c1-9-5-3-2-4-7(9)6-8/h2-5,7H,1H3. The molecule has 1 unspecified atom stereocenters. The van der Waals surface area contributed by atoms with Crippen LogP contribution in [0.3, 0.4) is 0 Å². The monoisotopic (exact) mass is 120 g/mol. The summed E-state index contributed by atoms with van der Waals surface area (Å²) in [5, 5.41) is 8.48. The molecule has 0 aromatic carbocycles. The van der Waals surface area contributed by atoms with Gasteiger partial charge in [-0.3, -0.25) is 0 Å². The van der Waals surface area contributed by atoms with Crippen molar-refractivity contribution in [1.82, 2.24) is 4.90 Å². The molecule has 0 aliphatic carbocycles. The van der Waals surface area contributed by atoms with Gasteiger partial charge in [0.2, 0.25) is 0 Å². The topological polar surface area (TPSA) is 27.0 Å². The Balaban J connectivity index is 2.68. The largest absolute Gasteiger partial charge is 0.362 e. The molecule has 1 heterocycles. The lowest BCUT2D eigenvalue weighted by molar-refractivity contribution is 0.440. The van der Waals surface area contributed by atoms with Crippen LogP contribution in [0.25, 0.3) is 0 Å². The molecular weight excluding hydrogens is 112 g/mol. The van der Waals surface area contributed by atoms with Gasteiger partial charge in [-0.05, 0) is 12.2 Å². The van der Waals surface area contributed by atoms with Crippen molar-refractivity contribution in [3.63, 3.8) is 0 Å². The highest BCUT2D eigenvalue weighted by Crippen LogP contribution is 2.02. The molecule has 0 saturated carbocycles. The van der Waals surface area contributed by atoms with Crippen LogP contribution in [0, 0.1) is 11.3 Å². The first-order valence-electron chi connectivity index (χ1n) is 2.81. The van der Waals surface area contributed by atoms with Crippen molar-refractivity contribution in [1.29, 1.82) is 5.26 Å². The molecular formula is C7H8N2. The van der Waals surface area contributed by atoms with E-state index in [1.54, 1.807) is 0 Å². The lowest BCUT2D eigenvalue weighted by Crippen LogP contribution is -2.24. The first kappa shape index (κ1) is 5.90. The molecule has 0 radical (unpaired) electrons. The van der Waals surface area contributed by atoms with Crippen molar-refractivity contribution in [3.05, 3.63) is 24.4 Å². The van der Waals surface area contributed by atoms with E-state index in [1.165, 1.54) is 0 Å². The highest BCUT2D eigenvalue weighted by atomic mass is 15.1. The van der Waals surface area contributed by atoms with E-state index < -0.39 is 0 Å². The lowest BCUT2D eigenvalue weighted by atomic mass is 10.2. The van der Waals surface area contributed by atoms with Gasteiger partial charge >= 0.3 is 0 Å². The molecule has 2 heteroatoms. The number of nitrogens with zero attached hydrogens (tertiary/aromatic N) is 2. The molecule has 0 saturated heterocycles. The summed E-state index contributed by atoms with van der Waals surface area (Å²) in [5.41, 5.74) is 0. The second-order valence-corrected chi connectivity index (χ2v) is 1.97. The minimum absolute atomic E-state index is 0.0741. The van der Waals surface area contributed by atoms with E-state index >= 15 is 0 Å². The third-order valence-corrected chi connectivity index (χ3v) is 1.30. The lowest BCUT2D eigenvalue weighted by Gasteiger charge is -2.18. The van der Waals surface area contributed by atoms with Gasteiger partial charge in [-0.25, -0.2) is 0 Å². The van der Waals surface area contributed by atoms with E-state index in [9.17, 15) is 0 Å². The van der Waals surface area contributed by atoms with Gasteiger partial charge in [-0.2, -0.15) is 5.26 Å². The Morgan fingerprint density at radius 3 is 2.78 bits per heavy atom. The molecule has 1 aliphatic rings. The molecule has 1 rings (SSSR count). The zero-order chi connectivity index (χ0) is 6.69. The minimum Gasteiger partial charge on any atom is -0.362 e. The Labute approximate surface area is 54.7 Å². The molecule has 1 aliphatic heterocycles. The van der Waals surface area contributed by atoms with Gasteiger partial charge in [0.15, 0.2) is 0 Å². The fourth-order valence-corrected chi connectivity index (χ4v) is 0.717. The Hall–Kier alpha value is -1.23. The van der Waals surface area contributed by atoms with E-state index in [0.29, 0.717) is 0 Å². The van der Waals surface area contributed by atoms with Crippen LogP contribution in [0.4, 0.5) is 0 Å². The van der Waals surface area contributed by atoms with Crippen LogP contribution in [0.2, 0.25) is 0 Å². The number of hydrogen-bond donors (Lipinski definition) is 0. The Bertz CT molecular complexity index is 186. The van der Waals surface area contributed by atoms with Crippen molar-refractivity contribution in [3.8, 4) is 6.07 Å². The Kier molecular flexibility index (Phi) is 1.55. The van der Waals surface area contributed by atoms with Crippen molar-refractivity contribution >= 4 is 0 Å². The first-order chi connectivity index (χ1) is 4.34. The smallest absolute Gasteiger partial charge is 0.135 e. The molecule has 1 atom stereocenters. The highest BCUT2D eigenvalue weighted by Gasteiger charge is 2.06. The Morgan fingerprint density at radius 2 is 2.33 bits per heavy atom. The van der Waals surface area contributed by atoms with Crippen LogP contribution in [-0.4, -0.2) is 18.0 Å². The zero-order valence-corrected chi connectivity index (χ0v) is 5.28. The second-order valence-electron chi connectivity index (χ2n) is 1.97. The SMILES string of the molecule is CN1C=CC=CC1C#N. The van der Waals surface area contributed by atoms with Crippen molar-refractivity contribution < 1.29 is 0 Å². The predicted octanol–water partition coefficient (Wildman–Crippen LogP) is 0.894. The van der Waals surface area contributed by atoms with E-state index in [4.69, 9.17) is 5.26 Å². The van der Waals surface area contributed by atoms with E-state index in [1.807, 2.05) is 36.4 Å². The summed E-state index contributed by atoms with van der Waals surface area (Å²) in [4.78, 5) is 1.86. The third kappa shape index (κ3) is 1.11. The van der Waals surface area contributed by atoms with Gasteiger partial charge < -0.3 is 4.90 Å². The molecule has 9 heavy (non-hydrogen) atoms. The van der Waals surface area contributed by atoms with Crippen LogP contribution in [0.15, 0.2) is 24.4 Å². The molecule has 2 nitrogen and oxygen atoms in total. The quantitative estimate of drug-likeness (QED) is 0.474. The average Bonchev–Trinajstić information content (AvgIpc) is 1.89. The minimum atomic E-state index is -0.0741. The fraction of sp³-hybridized carbons (Fsp3) is 0.286. The molecule has 0 N–H and O–H groups in total. The van der Waals surface area contributed by atoms with Gasteiger partial charge in [-0.15, -0.1) is 0 Å². The second kappa shape index (κ2) is 2.36. The van der Waals surface area contributed by atoms with Gasteiger partial charge in [-0.1, -0.05) is 6.08 Å². The van der Waals surface area contributed by atoms with Gasteiger partial charge in [0.1, 0.15) is 6.04 Å². The molecule has 0 aromatic rings. The van der Waals surface area contributed by atoms with Crippen LogP contribution in [0.1, 0.15) is 0 Å². The third-order valence-electron chi connectivity index (χ3n) is 1.30. The van der Waals surface area contributed by atoms with Gasteiger partial charge in [0.05, 0.1) is 6.07 Å². The number of rotatable bonds is 0. The summed E-state index contributed by atoms with van der Waals surface area (Å²) in [5.74, 6) is 0. The maximum Gasteiger partial charge on any atom is 0.135 e.